The van der Waals surface area contributed by atoms with Crippen LogP contribution in [0.1, 0.15) is 59.3 Å². The van der Waals surface area contributed by atoms with E-state index < -0.39 is 35.8 Å². The number of hydrogen-bond donors (Lipinski definition) is 2. The highest BCUT2D eigenvalue weighted by molar-refractivity contribution is 5.96. The zero-order valence-electron chi connectivity index (χ0n) is 12.6. The standard InChI is InChI=1S/C15H18F3NO4/c1-2-10-9(14(21)22)7-11(23-10)13(20)19-12(15(16,17)18)8-5-3-4-6-8/h7-8,12H,2-6H2,1H3,(H,19,20)(H,21,22). The predicted molar refractivity (Wildman–Crippen MR) is 74.3 cm³/mol. The van der Waals surface area contributed by atoms with E-state index in [9.17, 15) is 22.8 Å². The summed E-state index contributed by atoms with van der Waals surface area (Å²) in [5, 5.41) is 11.0. The van der Waals surface area contributed by atoms with Gasteiger partial charge in [-0.3, -0.25) is 4.79 Å². The van der Waals surface area contributed by atoms with Crippen LogP contribution in [0.3, 0.4) is 0 Å². The minimum Gasteiger partial charge on any atom is -0.478 e. The first-order valence-corrected chi connectivity index (χ1v) is 7.47. The van der Waals surface area contributed by atoms with Crippen LogP contribution < -0.4 is 5.32 Å². The number of hydrogen-bond acceptors (Lipinski definition) is 3. The highest BCUT2D eigenvalue weighted by atomic mass is 19.4. The van der Waals surface area contributed by atoms with Crippen molar-refractivity contribution in [1.29, 1.82) is 0 Å². The Morgan fingerprint density at radius 2 is 2.00 bits per heavy atom. The van der Waals surface area contributed by atoms with E-state index in [4.69, 9.17) is 9.52 Å². The van der Waals surface area contributed by atoms with Crippen LogP contribution in [-0.2, 0) is 6.42 Å². The molecule has 0 aromatic carbocycles. The number of furan rings is 1. The molecule has 2 N–H and O–H groups in total. The molecule has 1 fully saturated rings. The van der Waals surface area contributed by atoms with Crippen molar-refractivity contribution < 1.29 is 32.3 Å². The lowest BCUT2D eigenvalue weighted by molar-refractivity contribution is -0.164. The molecular weight excluding hydrogens is 315 g/mol. The summed E-state index contributed by atoms with van der Waals surface area (Å²) in [6.07, 6.45) is -2.11. The van der Waals surface area contributed by atoms with Gasteiger partial charge in [-0.15, -0.1) is 0 Å². The molecule has 1 unspecified atom stereocenters. The molecule has 2 rings (SSSR count). The summed E-state index contributed by atoms with van der Waals surface area (Å²) < 4.78 is 44.7. The van der Waals surface area contributed by atoms with Gasteiger partial charge in [-0.2, -0.15) is 13.2 Å². The fraction of sp³-hybridized carbons (Fsp3) is 0.600. The topological polar surface area (TPSA) is 79.5 Å². The number of carbonyl (C=O) groups is 2. The maximum absolute atomic E-state index is 13.2. The Hall–Kier alpha value is -1.99. The molecule has 1 aromatic rings. The van der Waals surface area contributed by atoms with E-state index in [1.54, 1.807) is 6.92 Å². The summed E-state index contributed by atoms with van der Waals surface area (Å²) in [4.78, 5) is 23.1. The van der Waals surface area contributed by atoms with Crippen molar-refractivity contribution in [2.24, 2.45) is 5.92 Å². The summed E-state index contributed by atoms with van der Waals surface area (Å²) in [5.74, 6) is -3.33. The van der Waals surface area contributed by atoms with Crippen molar-refractivity contribution in [3.05, 3.63) is 23.2 Å². The molecule has 0 aliphatic heterocycles. The number of carbonyl (C=O) groups excluding carboxylic acids is 1. The molecule has 1 aliphatic carbocycles. The van der Waals surface area contributed by atoms with Crippen LogP contribution in [0.4, 0.5) is 13.2 Å². The molecule has 0 saturated heterocycles. The van der Waals surface area contributed by atoms with E-state index >= 15 is 0 Å². The number of amides is 1. The third kappa shape index (κ3) is 3.86. The van der Waals surface area contributed by atoms with Gasteiger partial charge in [0.2, 0.25) is 0 Å². The molecule has 1 amide bonds. The van der Waals surface area contributed by atoms with E-state index in [0.717, 1.165) is 6.07 Å². The Bertz CT molecular complexity index is 588. The van der Waals surface area contributed by atoms with Gasteiger partial charge in [-0.05, 0) is 18.8 Å². The third-order valence-corrected chi connectivity index (χ3v) is 4.09. The van der Waals surface area contributed by atoms with Gasteiger partial charge in [0.1, 0.15) is 17.4 Å². The van der Waals surface area contributed by atoms with E-state index in [-0.39, 0.29) is 17.7 Å². The summed E-state index contributed by atoms with van der Waals surface area (Å²) in [5.41, 5.74) is -0.206. The first-order valence-electron chi connectivity index (χ1n) is 7.47. The van der Waals surface area contributed by atoms with Gasteiger partial charge in [0.15, 0.2) is 5.76 Å². The zero-order chi connectivity index (χ0) is 17.2. The molecule has 0 spiro atoms. The quantitative estimate of drug-likeness (QED) is 0.865. The maximum Gasteiger partial charge on any atom is 0.408 e. The molecule has 5 nitrogen and oxygen atoms in total. The number of carboxylic acid groups (broad SMARTS) is 1. The number of nitrogens with one attached hydrogen (secondary N) is 1. The van der Waals surface area contributed by atoms with E-state index in [1.165, 1.54) is 0 Å². The van der Waals surface area contributed by atoms with Crippen molar-refractivity contribution in [3.63, 3.8) is 0 Å². The highest BCUT2D eigenvalue weighted by Gasteiger charge is 2.46. The van der Waals surface area contributed by atoms with Crippen molar-refractivity contribution in [3.8, 4) is 0 Å². The van der Waals surface area contributed by atoms with Gasteiger partial charge in [0.25, 0.3) is 5.91 Å². The average Bonchev–Trinajstić information content (AvgIpc) is 3.12. The van der Waals surface area contributed by atoms with Crippen LogP contribution in [0, 0.1) is 5.92 Å². The normalized spacial score (nSPS) is 17.2. The molecule has 1 atom stereocenters. The zero-order valence-corrected chi connectivity index (χ0v) is 12.6. The summed E-state index contributed by atoms with van der Waals surface area (Å²) in [7, 11) is 0. The van der Waals surface area contributed by atoms with Crippen molar-refractivity contribution in [1.82, 2.24) is 5.32 Å². The molecule has 1 heterocycles. The van der Waals surface area contributed by atoms with Crippen molar-refractivity contribution in [2.45, 2.75) is 51.2 Å². The molecule has 23 heavy (non-hydrogen) atoms. The number of aromatic carboxylic acids is 1. The fourth-order valence-electron chi connectivity index (χ4n) is 2.95. The fourth-order valence-corrected chi connectivity index (χ4v) is 2.95. The van der Waals surface area contributed by atoms with Crippen LogP contribution in [0.5, 0.6) is 0 Å². The SMILES string of the molecule is CCc1oc(C(=O)NC(C2CCCC2)C(F)(F)F)cc1C(=O)O. The summed E-state index contributed by atoms with van der Waals surface area (Å²) in [6, 6.07) is -0.973. The number of rotatable bonds is 5. The van der Waals surface area contributed by atoms with E-state index in [1.807, 2.05) is 5.32 Å². The van der Waals surface area contributed by atoms with Crippen LogP contribution in [-0.4, -0.2) is 29.2 Å². The van der Waals surface area contributed by atoms with Crippen LogP contribution in [0.25, 0.3) is 0 Å². The molecular formula is C15H18F3NO4. The minimum atomic E-state index is -4.56. The Balaban J connectivity index is 2.20. The monoisotopic (exact) mass is 333 g/mol. The minimum absolute atomic E-state index is 0.0621. The van der Waals surface area contributed by atoms with E-state index in [0.29, 0.717) is 25.7 Å². The largest absolute Gasteiger partial charge is 0.478 e. The summed E-state index contributed by atoms with van der Waals surface area (Å²) in [6.45, 7) is 1.63. The first kappa shape index (κ1) is 17.4. The van der Waals surface area contributed by atoms with Gasteiger partial charge in [-0.1, -0.05) is 19.8 Å². The second kappa shape index (κ2) is 6.64. The van der Waals surface area contributed by atoms with Gasteiger partial charge in [0.05, 0.1) is 0 Å². The van der Waals surface area contributed by atoms with Crippen LogP contribution >= 0.6 is 0 Å². The smallest absolute Gasteiger partial charge is 0.408 e. The second-order valence-corrected chi connectivity index (χ2v) is 5.64. The van der Waals surface area contributed by atoms with Crippen LogP contribution in [0.2, 0.25) is 0 Å². The second-order valence-electron chi connectivity index (χ2n) is 5.64. The van der Waals surface area contributed by atoms with Gasteiger partial charge >= 0.3 is 12.1 Å². The third-order valence-electron chi connectivity index (χ3n) is 4.09. The lowest BCUT2D eigenvalue weighted by atomic mass is 9.97. The molecule has 8 heteroatoms. The Labute approximate surface area is 130 Å². The molecule has 0 radical (unpaired) electrons. The number of halogens is 3. The molecule has 0 bridgehead atoms. The number of alkyl halides is 3. The Morgan fingerprint density at radius 1 is 1.39 bits per heavy atom. The molecule has 1 aliphatic rings. The van der Waals surface area contributed by atoms with Gasteiger partial charge < -0.3 is 14.8 Å². The average molecular weight is 333 g/mol. The molecule has 1 aromatic heterocycles. The lowest BCUT2D eigenvalue weighted by Gasteiger charge is -2.26. The maximum atomic E-state index is 13.2. The van der Waals surface area contributed by atoms with Crippen molar-refractivity contribution in [2.75, 3.05) is 0 Å². The number of carboxylic acids is 1. The summed E-state index contributed by atoms with van der Waals surface area (Å²) >= 11 is 0. The lowest BCUT2D eigenvalue weighted by Crippen LogP contribution is -2.49. The van der Waals surface area contributed by atoms with Gasteiger partial charge in [-0.25, -0.2) is 4.79 Å². The molecule has 1 saturated carbocycles. The molecule has 128 valence electrons. The van der Waals surface area contributed by atoms with Crippen LogP contribution in [0.15, 0.2) is 10.5 Å². The Kier molecular flexibility index (Phi) is 5.01. The van der Waals surface area contributed by atoms with Crippen molar-refractivity contribution >= 4 is 11.9 Å². The first-order chi connectivity index (χ1) is 10.7. The van der Waals surface area contributed by atoms with Gasteiger partial charge in [0, 0.05) is 12.5 Å². The van der Waals surface area contributed by atoms with E-state index in [2.05, 4.69) is 0 Å². The highest BCUT2D eigenvalue weighted by Crippen LogP contribution is 2.36. The Morgan fingerprint density at radius 3 is 2.43 bits per heavy atom. The predicted octanol–water partition coefficient (Wildman–Crippen LogP) is 3.39. The number of aryl methyl sites for hydroxylation is 1.